The zero-order chi connectivity index (χ0) is 11.4. The predicted molar refractivity (Wildman–Crippen MR) is 66.8 cm³/mol. The third-order valence-electron chi connectivity index (χ3n) is 2.95. The van der Waals surface area contributed by atoms with E-state index in [1.165, 1.54) is 10.5 Å². The molecule has 0 amide bonds. The maximum absolute atomic E-state index is 9.96. The van der Waals surface area contributed by atoms with Gasteiger partial charge in [0.2, 0.25) is 0 Å². The molecule has 2 nitrogen and oxygen atoms in total. The van der Waals surface area contributed by atoms with Crippen molar-refractivity contribution in [2.45, 2.75) is 24.3 Å². The molecule has 0 bridgehead atoms. The highest BCUT2D eigenvalue weighted by molar-refractivity contribution is 7.99. The molecule has 2 atom stereocenters. The lowest BCUT2D eigenvalue weighted by Crippen LogP contribution is -2.22. The lowest BCUT2D eigenvalue weighted by molar-refractivity contribution is 0.109. The second kappa shape index (κ2) is 5.71. The van der Waals surface area contributed by atoms with Crippen molar-refractivity contribution in [2.24, 2.45) is 5.92 Å². The fourth-order valence-corrected chi connectivity index (χ4v) is 2.77. The van der Waals surface area contributed by atoms with Crippen LogP contribution in [-0.2, 0) is 4.74 Å². The molecule has 1 aliphatic heterocycles. The van der Waals surface area contributed by atoms with Gasteiger partial charge in [-0.25, -0.2) is 0 Å². The second-order valence-corrected chi connectivity index (χ2v) is 5.41. The average molecular weight is 238 g/mol. The maximum Gasteiger partial charge on any atom is 0.0685 e. The Morgan fingerprint density at radius 3 is 2.81 bits per heavy atom. The van der Waals surface area contributed by atoms with Gasteiger partial charge in [-0.3, -0.25) is 0 Å². The van der Waals surface area contributed by atoms with Crippen LogP contribution in [0, 0.1) is 12.8 Å². The predicted octanol–water partition coefficient (Wildman–Crippen LogP) is 2.48. The van der Waals surface area contributed by atoms with E-state index in [1.807, 2.05) is 0 Å². The summed E-state index contributed by atoms with van der Waals surface area (Å²) in [5.74, 6) is 1.09. The molecule has 1 aromatic carbocycles. The minimum Gasteiger partial charge on any atom is -0.392 e. The van der Waals surface area contributed by atoms with Crippen LogP contribution in [0.25, 0.3) is 0 Å². The topological polar surface area (TPSA) is 29.5 Å². The number of ether oxygens (including phenoxy) is 1. The largest absolute Gasteiger partial charge is 0.392 e. The zero-order valence-corrected chi connectivity index (χ0v) is 10.4. The van der Waals surface area contributed by atoms with E-state index < -0.39 is 0 Å². The van der Waals surface area contributed by atoms with Gasteiger partial charge in [-0.2, -0.15) is 0 Å². The van der Waals surface area contributed by atoms with Crippen molar-refractivity contribution in [3.8, 4) is 0 Å². The van der Waals surface area contributed by atoms with Gasteiger partial charge in [-0.1, -0.05) is 17.7 Å². The van der Waals surface area contributed by atoms with Crippen LogP contribution >= 0.6 is 11.8 Å². The van der Waals surface area contributed by atoms with Gasteiger partial charge in [0, 0.05) is 23.2 Å². The van der Waals surface area contributed by atoms with Crippen molar-refractivity contribution in [1.82, 2.24) is 0 Å². The number of thioether (sulfide) groups is 1. The first-order chi connectivity index (χ1) is 7.75. The highest BCUT2D eigenvalue weighted by Gasteiger charge is 2.23. The van der Waals surface area contributed by atoms with Crippen molar-refractivity contribution in [3.05, 3.63) is 29.8 Å². The molecule has 0 aromatic heterocycles. The molecular weight excluding hydrogens is 220 g/mol. The van der Waals surface area contributed by atoms with Gasteiger partial charge >= 0.3 is 0 Å². The molecule has 0 saturated carbocycles. The monoisotopic (exact) mass is 238 g/mol. The molecule has 88 valence electrons. The van der Waals surface area contributed by atoms with E-state index in [1.54, 1.807) is 11.8 Å². The van der Waals surface area contributed by atoms with Crippen molar-refractivity contribution in [1.29, 1.82) is 0 Å². The summed E-state index contributed by atoms with van der Waals surface area (Å²) in [7, 11) is 0. The van der Waals surface area contributed by atoms with Crippen LogP contribution < -0.4 is 0 Å². The van der Waals surface area contributed by atoms with Crippen LogP contribution in [0.2, 0.25) is 0 Å². The van der Waals surface area contributed by atoms with E-state index in [0.717, 1.165) is 25.4 Å². The summed E-state index contributed by atoms with van der Waals surface area (Å²) >= 11 is 1.72. The summed E-state index contributed by atoms with van der Waals surface area (Å²) in [6.07, 6.45) is 0.754. The van der Waals surface area contributed by atoms with Gasteiger partial charge in [-0.05, 0) is 25.5 Å². The number of aliphatic hydroxyl groups excluding tert-OH is 1. The first-order valence-corrected chi connectivity index (χ1v) is 6.69. The van der Waals surface area contributed by atoms with Crippen molar-refractivity contribution < 1.29 is 9.84 Å². The highest BCUT2D eigenvalue weighted by Crippen LogP contribution is 2.24. The molecule has 1 aliphatic rings. The zero-order valence-electron chi connectivity index (χ0n) is 9.56. The smallest absolute Gasteiger partial charge is 0.0685 e. The average Bonchev–Trinajstić information content (AvgIpc) is 2.81. The van der Waals surface area contributed by atoms with Crippen LogP contribution in [0.1, 0.15) is 12.0 Å². The molecular formula is C13H18O2S. The molecule has 0 radical (unpaired) electrons. The Labute approximate surface area is 101 Å². The first kappa shape index (κ1) is 12.0. The third kappa shape index (κ3) is 3.24. The molecule has 1 saturated heterocycles. The Morgan fingerprint density at radius 2 is 2.19 bits per heavy atom. The number of benzene rings is 1. The summed E-state index contributed by atoms with van der Waals surface area (Å²) in [6.45, 7) is 3.60. The molecule has 1 heterocycles. The molecule has 1 fully saturated rings. The quantitative estimate of drug-likeness (QED) is 0.817. The number of hydrogen-bond donors (Lipinski definition) is 1. The summed E-state index contributed by atoms with van der Waals surface area (Å²) in [5.41, 5.74) is 1.27. The normalized spacial score (nSPS) is 22.2. The van der Waals surface area contributed by atoms with E-state index in [0.29, 0.717) is 5.92 Å². The van der Waals surface area contributed by atoms with Gasteiger partial charge in [-0.15, -0.1) is 11.8 Å². The summed E-state index contributed by atoms with van der Waals surface area (Å²) < 4.78 is 5.28. The van der Waals surface area contributed by atoms with Crippen LogP contribution in [-0.4, -0.2) is 30.2 Å². The summed E-state index contributed by atoms with van der Waals surface area (Å²) in [4.78, 5) is 1.23. The number of rotatable bonds is 4. The third-order valence-corrected chi connectivity index (χ3v) is 4.06. The number of aliphatic hydroxyl groups is 1. The standard InChI is InChI=1S/C13H18O2S/c1-10-2-4-12(5-3-10)16-9-13(14)11-6-7-15-8-11/h2-5,11,13-14H,6-9H2,1H3. The molecule has 1 aromatic rings. The van der Waals surface area contributed by atoms with Gasteiger partial charge in [0.15, 0.2) is 0 Å². The fraction of sp³-hybridized carbons (Fsp3) is 0.538. The van der Waals surface area contributed by atoms with Crippen molar-refractivity contribution in [2.75, 3.05) is 19.0 Å². The van der Waals surface area contributed by atoms with Gasteiger partial charge in [0.25, 0.3) is 0 Å². The van der Waals surface area contributed by atoms with Gasteiger partial charge < -0.3 is 9.84 Å². The Kier molecular flexibility index (Phi) is 4.27. The van der Waals surface area contributed by atoms with Gasteiger partial charge in [0.1, 0.15) is 0 Å². The highest BCUT2D eigenvalue weighted by atomic mass is 32.2. The Hall–Kier alpha value is -0.510. The van der Waals surface area contributed by atoms with E-state index in [9.17, 15) is 5.11 Å². The van der Waals surface area contributed by atoms with Crippen molar-refractivity contribution in [3.63, 3.8) is 0 Å². The lowest BCUT2D eigenvalue weighted by atomic mass is 10.0. The molecule has 2 rings (SSSR count). The second-order valence-electron chi connectivity index (χ2n) is 4.32. The van der Waals surface area contributed by atoms with E-state index in [-0.39, 0.29) is 6.10 Å². The summed E-state index contributed by atoms with van der Waals surface area (Å²) in [6, 6.07) is 8.43. The molecule has 3 heteroatoms. The minimum atomic E-state index is -0.242. The van der Waals surface area contributed by atoms with E-state index in [4.69, 9.17) is 4.74 Å². The molecule has 2 unspecified atom stereocenters. The Morgan fingerprint density at radius 1 is 1.44 bits per heavy atom. The van der Waals surface area contributed by atoms with Crippen molar-refractivity contribution >= 4 is 11.8 Å². The van der Waals surface area contributed by atoms with E-state index in [2.05, 4.69) is 31.2 Å². The van der Waals surface area contributed by atoms with Gasteiger partial charge in [0.05, 0.1) is 12.7 Å². The maximum atomic E-state index is 9.96. The number of hydrogen-bond acceptors (Lipinski definition) is 3. The van der Waals surface area contributed by atoms with Crippen LogP contribution in [0.3, 0.4) is 0 Å². The molecule has 16 heavy (non-hydrogen) atoms. The molecule has 0 aliphatic carbocycles. The Balaban J connectivity index is 1.80. The van der Waals surface area contributed by atoms with Crippen LogP contribution in [0.5, 0.6) is 0 Å². The summed E-state index contributed by atoms with van der Waals surface area (Å²) in [5, 5.41) is 9.96. The SMILES string of the molecule is Cc1ccc(SCC(O)C2CCOC2)cc1. The van der Waals surface area contributed by atoms with Crippen LogP contribution in [0.15, 0.2) is 29.2 Å². The Bertz CT molecular complexity index is 317. The lowest BCUT2D eigenvalue weighted by Gasteiger charge is -2.15. The first-order valence-electron chi connectivity index (χ1n) is 5.71. The van der Waals surface area contributed by atoms with E-state index >= 15 is 0 Å². The molecule has 1 N–H and O–H groups in total. The van der Waals surface area contributed by atoms with Crippen LogP contribution in [0.4, 0.5) is 0 Å². The fourth-order valence-electron chi connectivity index (χ4n) is 1.81. The number of aryl methyl sites for hydroxylation is 1. The minimum absolute atomic E-state index is 0.242. The molecule has 0 spiro atoms.